The number of thiazole rings is 1. The number of hydrogen-bond acceptors (Lipinski definition) is 8. The zero-order valence-electron chi connectivity index (χ0n) is 19.0. The van der Waals surface area contributed by atoms with Crippen molar-refractivity contribution in [3.05, 3.63) is 29.5 Å². The number of piperazine rings is 1. The van der Waals surface area contributed by atoms with Crippen LogP contribution in [-0.4, -0.2) is 71.1 Å². The molecule has 0 atom stereocenters. The summed E-state index contributed by atoms with van der Waals surface area (Å²) < 4.78 is 5.46. The molecule has 2 saturated heterocycles. The van der Waals surface area contributed by atoms with Crippen molar-refractivity contribution in [3.8, 4) is 0 Å². The number of carbonyl (C=O) groups excluding carboxylic acids is 3. The van der Waals surface area contributed by atoms with Crippen molar-refractivity contribution in [1.29, 1.82) is 0 Å². The lowest BCUT2D eigenvalue weighted by molar-refractivity contribution is -0.117. The van der Waals surface area contributed by atoms with Crippen LogP contribution in [-0.2, 0) is 9.53 Å². The van der Waals surface area contributed by atoms with Gasteiger partial charge in [0.25, 0.3) is 5.91 Å². The SMILES string of the molecule is CC(C)(C)OC(=O)N1CCN(c2ccncc2NC(=O)c2csc(N3CCCC3=O)n2)CC1. The molecule has 176 valence electrons. The molecule has 0 aromatic carbocycles. The molecule has 1 N–H and O–H groups in total. The van der Waals surface area contributed by atoms with Gasteiger partial charge in [-0.3, -0.25) is 19.5 Å². The minimum Gasteiger partial charge on any atom is -0.444 e. The van der Waals surface area contributed by atoms with Crippen LogP contribution < -0.4 is 15.1 Å². The fourth-order valence-electron chi connectivity index (χ4n) is 3.74. The van der Waals surface area contributed by atoms with Gasteiger partial charge in [-0.25, -0.2) is 9.78 Å². The molecule has 4 rings (SSSR count). The smallest absolute Gasteiger partial charge is 0.410 e. The summed E-state index contributed by atoms with van der Waals surface area (Å²) in [4.78, 5) is 51.1. The number of nitrogens with zero attached hydrogens (tertiary/aromatic N) is 5. The second kappa shape index (κ2) is 9.34. The summed E-state index contributed by atoms with van der Waals surface area (Å²) >= 11 is 1.29. The lowest BCUT2D eigenvalue weighted by atomic mass is 10.2. The van der Waals surface area contributed by atoms with Gasteiger partial charge in [-0.1, -0.05) is 0 Å². The van der Waals surface area contributed by atoms with Crippen LogP contribution in [0.5, 0.6) is 0 Å². The van der Waals surface area contributed by atoms with Crippen LogP contribution >= 0.6 is 11.3 Å². The second-order valence-corrected chi connectivity index (χ2v) is 9.80. The topological polar surface area (TPSA) is 108 Å². The minimum atomic E-state index is -0.533. The highest BCUT2D eigenvalue weighted by atomic mass is 32.1. The van der Waals surface area contributed by atoms with Gasteiger partial charge in [0.05, 0.1) is 17.6 Å². The normalized spacial score (nSPS) is 16.8. The van der Waals surface area contributed by atoms with Gasteiger partial charge < -0.3 is 19.9 Å². The lowest BCUT2D eigenvalue weighted by Gasteiger charge is -2.37. The van der Waals surface area contributed by atoms with Gasteiger partial charge in [0, 0.05) is 50.7 Å². The number of aromatic nitrogens is 2. The third-order valence-electron chi connectivity index (χ3n) is 5.35. The van der Waals surface area contributed by atoms with Gasteiger partial charge in [-0.05, 0) is 33.3 Å². The van der Waals surface area contributed by atoms with Crippen molar-refractivity contribution in [2.45, 2.75) is 39.2 Å². The van der Waals surface area contributed by atoms with E-state index in [4.69, 9.17) is 4.74 Å². The Morgan fingerprint density at radius 3 is 2.58 bits per heavy atom. The summed E-state index contributed by atoms with van der Waals surface area (Å²) in [5.41, 5.74) is 1.13. The van der Waals surface area contributed by atoms with Gasteiger partial charge in [-0.2, -0.15) is 0 Å². The fourth-order valence-corrected chi connectivity index (χ4v) is 4.59. The molecule has 2 aromatic heterocycles. The first-order valence-electron chi connectivity index (χ1n) is 11.0. The minimum absolute atomic E-state index is 0.0383. The van der Waals surface area contributed by atoms with E-state index in [-0.39, 0.29) is 23.6 Å². The number of nitrogens with one attached hydrogen (secondary N) is 1. The average Bonchev–Trinajstić information content (AvgIpc) is 3.42. The third-order valence-corrected chi connectivity index (χ3v) is 6.21. The monoisotopic (exact) mass is 472 g/mol. The van der Waals surface area contributed by atoms with Crippen molar-refractivity contribution in [3.63, 3.8) is 0 Å². The Labute approximate surface area is 196 Å². The van der Waals surface area contributed by atoms with Crippen molar-refractivity contribution < 1.29 is 19.1 Å². The van der Waals surface area contributed by atoms with Crippen molar-refractivity contribution in [2.24, 2.45) is 0 Å². The fraction of sp³-hybridized carbons (Fsp3) is 0.500. The maximum absolute atomic E-state index is 12.8. The zero-order valence-corrected chi connectivity index (χ0v) is 19.9. The maximum Gasteiger partial charge on any atom is 0.410 e. The van der Waals surface area contributed by atoms with Gasteiger partial charge in [-0.15, -0.1) is 11.3 Å². The number of ether oxygens (including phenoxy) is 1. The third kappa shape index (κ3) is 5.41. The van der Waals surface area contributed by atoms with E-state index in [1.807, 2.05) is 26.8 Å². The Morgan fingerprint density at radius 2 is 1.91 bits per heavy atom. The first kappa shape index (κ1) is 23.0. The summed E-state index contributed by atoms with van der Waals surface area (Å²) in [7, 11) is 0. The Bertz CT molecular complexity index is 1040. The Balaban J connectivity index is 1.40. The van der Waals surface area contributed by atoms with E-state index < -0.39 is 5.60 Å². The predicted molar refractivity (Wildman–Crippen MR) is 126 cm³/mol. The highest BCUT2D eigenvalue weighted by Gasteiger charge is 2.28. The molecule has 33 heavy (non-hydrogen) atoms. The summed E-state index contributed by atoms with van der Waals surface area (Å²) in [5.74, 6) is -0.317. The van der Waals surface area contributed by atoms with Gasteiger partial charge >= 0.3 is 6.09 Å². The number of hydrogen-bond donors (Lipinski definition) is 1. The van der Waals surface area contributed by atoms with E-state index in [0.717, 1.165) is 12.1 Å². The highest BCUT2D eigenvalue weighted by molar-refractivity contribution is 7.14. The summed E-state index contributed by atoms with van der Waals surface area (Å²) in [6, 6.07) is 1.84. The van der Waals surface area contributed by atoms with Crippen LogP contribution in [0.15, 0.2) is 23.8 Å². The molecule has 2 aliphatic heterocycles. The van der Waals surface area contributed by atoms with Crippen LogP contribution in [0.25, 0.3) is 0 Å². The lowest BCUT2D eigenvalue weighted by Crippen LogP contribution is -2.50. The van der Waals surface area contributed by atoms with E-state index in [0.29, 0.717) is 50.0 Å². The van der Waals surface area contributed by atoms with Gasteiger partial charge in [0.1, 0.15) is 11.3 Å². The highest BCUT2D eigenvalue weighted by Crippen LogP contribution is 2.28. The summed E-state index contributed by atoms with van der Waals surface area (Å²) in [5, 5.41) is 5.10. The van der Waals surface area contributed by atoms with Crippen molar-refractivity contribution >= 4 is 45.8 Å². The van der Waals surface area contributed by atoms with Crippen LogP contribution in [0.4, 0.5) is 21.3 Å². The van der Waals surface area contributed by atoms with E-state index in [9.17, 15) is 14.4 Å². The molecule has 2 aromatic rings. The van der Waals surface area contributed by atoms with Gasteiger partial charge in [0.2, 0.25) is 5.91 Å². The molecule has 0 saturated carbocycles. The standard InChI is InChI=1S/C22H28N6O4S/c1-22(2,3)32-21(31)27-11-9-26(10-12-27)17-6-7-23-13-15(17)24-19(30)16-14-33-20(25-16)28-8-4-5-18(28)29/h6-7,13-14H,4-5,8-12H2,1-3H3,(H,24,30). The summed E-state index contributed by atoms with van der Waals surface area (Å²) in [6.45, 7) is 8.42. The van der Waals surface area contributed by atoms with Crippen LogP contribution in [0, 0.1) is 0 Å². The van der Waals surface area contributed by atoms with Crippen LogP contribution in [0.3, 0.4) is 0 Å². The molecular formula is C22H28N6O4S. The van der Waals surface area contributed by atoms with Crippen LogP contribution in [0.2, 0.25) is 0 Å². The second-order valence-electron chi connectivity index (χ2n) is 8.97. The zero-order chi connectivity index (χ0) is 23.6. The molecule has 2 aliphatic rings. The molecule has 0 bridgehead atoms. The molecule has 0 radical (unpaired) electrons. The molecule has 3 amide bonds. The number of rotatable bonds is 4. The van der Waals surface area contributed by atoms with Crippen molar-refractivity contribution in [1.82, 2.24) is 14.9 Å². The van der Waals surface area contributed by atoms with Crippen molar-refractivity contribution in [2.75, 3.05) is 47.8 Å². The first-order valence-corrected chi connectivity index (χ1v) is 11.8. The number of anilines is 3. The molecule has 2 fully saturated rings. The molecule has 4 heterocycles. The molecule has 10 nitrogen and oxygen atoms in total. The van der Waals surface area contributed by atoms with E-state index in [1.165, 1.54) is 11.3 Å². The Morgan fingerprint density at radius 1 is 1.15 bits per heavy atom. The molecule has 11 heteroatoms. The Kier molecular flexibility index (Phi) is 6.50. The molecule has 0 unspecified atom stereocenters. The average molecular weight is 473 g/mol. The largest absolute Gasteiger partial charge is 0.444 e. The number of pyridine rings is 1. The maximum atomic E-state index is 12.8. The predicted octanol–water partition coefficient (Wildman–Crippen LogP) is 2.97. The quantitative estimate of drug-likeness (QED) is 0.729. The van der Waals surface area contributed by atoms with Crippen LogP contribution in [0.1, 0.15) is 44.1 Å². The van der Waals surface area contributed by atoms with E-state index in [1.54, 1.807) is 27.6 Å². The summed E-state index contributed by atoms with van der Waals surface area (Å²) in [6.07, 6.45) is 4.28. The number of amides is 3. The molecule has 0 aliphatic carbocycles. The Hall–Kier alpha value is -3.21. The molecule has 0 spiro atoms. The number of carbonyl (C=O) groups is 3. The van der Waals surface area contributed by atoms with E-state index in [2.05, 4.69) is 20.2 Å². The molecular weight excluding hydrogens is 444 g/mol. The van der Waals surface area contributed by atoms with E-state index >= 15 is 0 Å². The van der Waals surface area contributed by atoms with Gasteiger partial charge in [0.15, 0.2) is 5.13 Å². The first-order chi connectivity index (χ1) is 15.7.